The zero-order valence-electron chi connectivity index (χ0n) is 15.3. The van der Waals surface area contributed by atoms with Gasteiger partial charge in [-0.3, -0.25) is 4.79 Å². The van der Waals surface area contributed by atoms with Gasteiger partial charge in [0, 0.05) is 18.3 Å². The summed E-state index contributed by atoms with van der Waals surface area (Å²) in [5.41, 5.74) is 0.856. The van der Waals surface area contributed by atoms with Crippen molar-refractivity contribution in [2.45, 2.75) is 26.4 Å². The highest BCUT2D eigenvalue weighted by atomic mass is 32.1. The van der Waals surface area contributed by atoms with Gasteiger partial charge in [-0.1, -0.05) is 6.07 Å². The number of aromatic nitrogens is 2. The van der Waals surface area contributed by atoms with Crippen LogP contribution in [0.3, 0.4) is 0 Å². The van der Waals surface area contributed by atoms with Crippen molar-refractivity contribution >= 4 is 22.9 Å². The van der Waals surface area contributed by atoms with Crippen LogP contribution in [0.15, 0.2) is 30.5 Å². The number of hydrogen-bond acceptors (Lipinski definition) is 6. The highest BCUT2D eigenvalue weighted by Crippen LogP contribution is 2.35. The molecule has 0 bridgehead atoms. The van der Waals surface area contributed by atoms with Crippen LogP contribution in [0, 0.1) is 25.5 Å². The van der Waals surface area contributed by atoms with Gasteiger partial charge in [-0.05, 0) is 32.0 Å². The summed E-state index contributed by atoms with van der Waals surface area (Å²) < 4.78 is 34.9. The predicted molar refractivity (Wildman–Crippen MR) is 102 cm³/mol. The monoisotopic (exact) mass is 401 g/mol. The highest BCUT2D eigenvalue weighted by molar-refractivity contribution is 7.11. The fourth-order valence-corrected chi connectivity index (χ4v) is 4.14. The van der Waals surface area contributed by atoms with Gasteiger partial charge in [0.2, 0.25) is 0 Å². The Hall–Kier alpha value is -2.87. The second kappa shape index (κ2) is 7.27. The van der Waals surface area contributed by atoms with E-state index in [0.717, 1.165) is 21.6 Å². The van der Waals surface area contributed by atoms with Gasteiger partial charge < -0.3 is 10.1 Å². The van der Waals surface area contributed by atoms with E-state index < -0.39 is 28.9 Å². The summed E-state index contributed by atoms with van der Waals surface area (Å²) in [4.78, 5) is 22.2. The Bertz CT molecular complexity index is 1070. The molecule has 144 valence electrons. The van der Waals surface area contributed by atoms with Gasteiger partial charge in [-0.2, -0.15) is 0 Å². The van der Waals surface area contributed by atoms with Crippen LogP contribution >= 0.6 is 11.3 Å². The van der Waals surface area contributed by atoms with E-state index in [0.29, 0.717) is 11.4 Å². The minimum atomic E-state index is -0.985. The number of thiazole rings is 1. The molecule has 1 aliphatic rings. The maximum Gasteiger partial charge on any atom is 0.178 e. The van der Waals surface area contributed by atoms with Gasteiger partial charge in [0.25, 0.3) is 0 Å². The van der Waals surface area contributed by atoms with Crippen LogP contribution in [0.5, 0.6) is 5.75 Å². The summed E-state index contributed by atoms with van der Waals surface area (Å²) in [6, 6.07) is 5.68. The number of carbonyl (C=O) groups excluding carboxylic acids is 1. The fraction of sp³-hybridized carbons (Fsp3) is 0.250. The number of ketones is 1. The zero-order valence-corrected chi connectivity index (χ0v) is 16.1. The minimum Gasteiger partial charge on any atom is -0.485 e. The maximum atomic E-state index is 15.0. The van der Waals surface area contributed by atoms with Crippen molar-refractivity contribution in [1.29, 1.82) is 0 Å². The third kappa shape index (κ3) is 3.24. The second-order valence-corrected chi connectivity index (χ2v) is 7.79. The third-order valence-corrected chi connectivity index (χ3v) is 5.71. The molecule has 0 spiro atoms. The predicted octanol–water partition coefficient (Wildman–Crippen LogP) is 4.40. The number of halogens is 2. The molecule has 3 aromatic rings. The number of carbonyl (C=O) groups is 1. The van der Waals surface area contributed by atoms with E-state index in [1.165, 1.54) is 17.4 Å². The van der Waals surface area contributed by atoms with Gasteiger partial charge in [0.05, 0.1) is 27.1 Å². The fourth-order valence-electron chi connectivity index (χ4n) is 3.28. The number of anilines is 1. The molecule has 0 aliphatic carbocycles. The highest BCUT2D eigenvalue weighted by Gasteiger charge is 2.34. The summed E-state index contributed by atoms with van der Waals surface area (Å²) in [6.07, 6.45) is 1.59. The van der Waals surface area contributed by atoms with Crippen LogP contribution < -0.4 is 10.1 Å². The zero-order chi connectivity index (χ0) is 19.8. The number of pyridine rings is 1. The first kappa shape index (κ1) is 18.5. The standard InChI is InChI=1S/C20H17F2N3O2S/c1-10-16(28-11(2)25-10)9-27-15-6-5-14(21)17(18(15)22)19(26)13-8-24-20-12(13)4-3-7-23-20/h3-7,13H,8-9H2,1-2H3,(H,23,24). The molecule has 1 atom stereocenters. The van der Waals surface area contributed by atoms with Gasteiger partial charge in [-0.15, -0.1) is 11.3 Å². The van der Waals surface area contributed by atoms with Gasteiger partial charge in [0.15, 0.2) is 17.3 Å². The number of nitrogens with zero attached hydrogens (tertiary/aromatic N) is 2. The van der Waals surface area contributed by atoms with Crippen molar-refractivity contribution < 1.29 is 18.3 Å². The van der Waals surface area contributed by atoms with E-state index in [1.807, 2.05) is 13.8 Å². The summed E-state index contributed by atoms with van der Waals surface area (Å²) in [7, 11) is 0. The van der Waals surface area contributed by atoms with Crippen molar-refractivity contribution in [2.24, 2.45) is 0 Å². The molecule has 1 aromatic carbocycles. The molecule has 2 aromatic heterocycles. The number of aryl methyl sites for hydroxylation is 2. The number of rotatable bonds is 5. The van der Waals surface area contributed by atoms with Gasteiger partial charge >= 0.3 is 0 Å². The van der Waals surface area contributed by atoms with Crippen LogP contribution in [0.1, 0.15) is 37.4 Å². The van der Waals surface area contributed by atoms with Crippen LogP contribution in [-0.4, -0.2) is 22.3 Å². The molecule has 1 aliphatic heterocycles. The maximum absolute atomic E-state index is 15.0. The van der Waals surface area contributed by atoms with E-state index >= 15 is 0 Å². The van der Waals surface area contributed by atoms with E-state index in [-0.39, 0.29) is 18.9 Å². The average molecular weight is 401 g/mol. The molecule has 0 saturated heterocycles. The van der Waals surface area contributed by atoms with Gasteiger partial charge in [0.1, 0.15) is 18.2 Å². The number of benzene rings is 1. The Morgan fingerprint density at radius 2 is 2.14 bits per heavy atom. The number of Topliss-reactive ketones (excluding diaryl/α,β-unsaturated/α-hetero) is 1. The molecular weight excluding hydrogens is 384 g/mol. The summed E-state index contributed by atoms with van der Waals surface area (Å²) >= 11 is 1.45. The first-order valence-corrected chi connectivity index (χ1v) is 9.54. The van der Waals surface area contributed by atoms with Crippen LogP contribution in [0.2, 0.25) is 0 Å². The smallest absolute Gasteiger partial charge is 0.178 e. The molecule has 4 rings (SSSR count). The molecular formula is C20H17F2N3O2S. The molecule has 5 nitrogen and oxygen atoms in total. The van der Waals surface area contributed by atoms with E-state index in [4.69, 9.17) is 4.74 Å². The lowest BCUT2D eigenvalue weighted by atomic mass is 9.92. The molecule has 1 N–H and O–H groups in total. The Labute approximate surface area is 164 Å². The lowest BCUT2D eigenvalue weighted by Gasteiger charge is -2.13. The van der Waals surface area contributed by atoms with Crippen LogP contribution in [0.4, 0.5) is 14.6 Å². The molecule has 28 heavy (non-hydrogen) atoms. The topological polar surface area (TPSA) is 64.1 Å². The molecule has 1 unspecified atom stereocenters. The summed E-state index contributed by atoms with van der Waals surface area (Å²) in [5, 5.41) is 3.88. The Kier molecular flexibility index (Phi) is 4.80. The van der Waals surface area contributed by atoms with Crippen molar-refractivity contribution in [1.82, 2.24) is 9.97 Å². The minimum absolute atomic E-state index is 0.102. The molecule has 0 radical (unpaired) electrons. The van der Waals surface area contributed by atoms with Crippen LogP contribution in [0.25, 0.3) is 0 Å². The normalized spacial score (nSPS) is 15.2. The Morgan fingerprint density at radius 1 is 1.32 bits per heavy atom. The van der Waals surface area contributed by atoms with Crippen molar-refractivity contribution in [2.75, 3.05) is 11.9 Å². The quantitative estimate of drug-likeness (QED) is 0.642. The second-order valence-electron chi connectivity index (χ2n) is 6.50. The average Bonchev–Trinajstić information content (AvgIpc) is 3.23. The first-order valence-electron chi connectivity index (χ1n) is 8.72. The van der Waals surface area contributed by atoms with Gasteiger partial charge in [-0.25, -0.2) is 18.7 Å². The molecule has 8 heteroatoms. The number of nitrogens with one attached hydrogen (secondary N) is 1. The number of ether oxygens (including phenoxy) is 1. The van der Waals surface area contributed by atoms with Crippen molar-refractivity contribution in [3.05, 3.63) is 68.8 Å². The lowest BCUT2D eigenvalue weighted by Crippen LogP contribution is -2.18. The van der Waals surface area contributed by atoms with Crippen LogP contribution in [-0.2, 0) is 6.61 Å². The molecule has 3 heterocycles. The largest absolute Gasteiger partial charge is 0.485 e. The SMILES string of the molecule is Cc1nc(C)c(COc2ccc(F)c(C(=O)C3CNc4ncccc43)c2F)s1. The lowest BCUT2D eigenvalue weighted by molar-refractivity contribution is 0.0957. The van der Waals surface area contributed by atoms with E-state index in [9.17, 15) is 13.6 Å². The summed E-state index contributed by atoms with van der Waals surface area (Å²) in [6.45, 7) is 4.06. The number of hydrogen-bond donors (Lipinski definition) is 1. The Morgan fingerprint density at radius 3 is 2.89 bits per heavy atom. The molecule has 0 saturated carbocycles. The number of fused-ring (bicyclic) bond motifs is 1. The van der Waals surface area contributed by atoms with Crippen molar-refractivity contribution in [3.8, 4) is 5.75 Å². The summed E-state index contributed by atoms with van der Waals surface area (Å²) in [5.74, 6) is -2.82. The van der Waals surface area contributed by atoms with E-state index in [2.05, 4.69) is 15.3 Å². The molecule has 0 amide bonds. The van der Waals surface area contributed by atoms with E-state index in [1.54, 1.807) is 18.3 Å². The Balaban J connectivity index is 1.62. The van der Waals surface area contributed by atoms with Crippen molar-refractivity contribution in [3.63, 3.8) is 0 Å². The third-order valence-electron chi connectivity index (χ3n) is 4.66. The first-order chi connectivity index (χ1) is 13.5. The molecule has 0 fully saturated rings.